The van der Waals surface area contributed by atoms with Crippen LogP contribution in [0.3, 0.4) is 0 Å². The fraction of sp³-hybridized carbons (Fsp3) is 0. The van der Waals surface area contributed by atoms with E-state index in [9.17, 15) is 9.50 Å². The van der Waals surface area contributed by atoms with E-state index in [4.69, 9.17) is 0 Å². The van der Waals surface area contributed by atoms with Gasteiger partial charge in [0.2, 0.25) is 0 Å². The van der Waals surface area contributed by atoms with Gasteiger partial charge in [-0.3, -0.25) is 0 Å². The van der Waals surface area contributed by atoms with Crippen LogP contribution < -0.4 is 0 Å². The zero-order chi connectivity index (χ0) is 10.7. The first-order valence-electron chi connectivity index (χ1n) is 4.50. The molecule has 0 aliphatic rings. The molecule has 2 rings (SSSR count). The highest BCUT2D eigenvalue weighted by Gasteiger charge is 2.05. The van der Waals surface area contributed by atoms with E-state index >= 15 is 0 Å². The number of phenols is 1. The standard InChI is InChI=1S/C12H9FNO/c13-8-9-4-3-6-11(14-9)10-5-1-2-7-12(10)15/h1-8,15H. The molecule has 0 fully saturated rings. The van der Waals surface area contributed by atoms with Gasteiger partial charge in [-0.15, -0.1) is 0 Å². The maximum atomic E-state index is 12.3. The normalized spacial score (nSPS) is 10.2. The van der Waals surface area contributed by atoms with Crippen LogP contribution in [-0.4, -0.2) is 10.1 Å². The minimum absolute atomic E-state index is 0.140. The molecule has 0 aliphatic heterocycles. The molecule has 0 spiro atoms. The second-order valence-electron chi connectivity index (χ2n) is 3.07. The van der Waals surface area contributed by atoms with Crippen LogP contribution in [0.2, 0.25) is 0 Å². The van der Waals surface area contributed by atoms with Crippen LogP contribution in [0.15, 0.2) is 42.5 Å². The highest BCUT2D eigenvalue weighted by molar-refractivity contribution is 5.66. The van der Waals surface area contributed by atoms with Crippen LogP contribution in [0.25, 0.3) is 11.3 Å². The van der Waals surface area contributed by atoms with Gasteiger partial charge >= 0.3 is 0 Å². The molecule has 3 heteroatoms. The second kappa shape index (κ2) is 4.09. The molecule has 0 saturated carbocycles. The van der Waals surface area contributed by atoms with Crippen LogP contribution in [0.4, 0.5) is 4.39 Å². The number of pyridine rings is 1. The number of para-hydroxylation sites is 1. The number of aromatic nitrogens is 1. The van der Waals surface area contributed by atoms with Gasteiger partial charge in [0.05, 0.1) is 11.4 Å². The van der Waals surface area contributed by atoms with Gasteiger partial charge in [0, 0.05) is 5.56 Å². The molecule has 0 amide bonds. The fourth-order valence-electron chi connectivity index (χ4n) is 1.35. The van der Waals surface area contributed by atoms with Crippen molar-refractivity contribution in [3.8, 4) is 17.0 Å². The molecular weight excluding hydrogens is 193 g/mol. The molecule has 15 heavy (non-hydrogen) atoms. The summed E-state index contributed by atoms with van der Waals surface area (Å²) in [6.45, 7) is 0.434. The van der Waals surface area contributed by atoms with E-state index in [0.717, 1.165) is 0 Å². The summed E-state index contributed by atoms with van der Waals surface area (Å²) in [4.78, 5) is 4.03. The number of hydrogen-bond donors (Lipinski definition) is 1. The lowest BCUT2D eigenvalue weighted by Gasteiger charge is -2.04. The predicted molar refractivity (Wildman–Crippen MR) is 55.8 cm³/mol. The lowest BCUT2D eigenvalue weighted by Crippen LogP contribution is -1.88. The molecule has 75 valence electrons. The van der Waals surface area contributed by atoms with Gasteiger partial charge < -0.3 is 5.11 Å². The summed E-state index contributed by atoms with van der Waals surface area (Å²) in [6.07, 6.45) is 0. The van der Waals surface area contributed by atoms with E-state index in [2.05, 4.69) is 4.98 Å². The Bertz CT molecular complexity index is 471. The summed E-state index contributed by atoms with van der Waals surface area (Å²) in [5.41, 5.74) is 1.40. The molecule has 1 radical (unpaired) electrons. The summed E-state index contributed by atoms with van der Waals surface area (Å²) in [6, 6.07) is 11.8. The van der Waals surface area contributed by atoms with Crippen molar-refractivity contribution in [2.75, 3.05) is 0 Å². The van der Waals surface area contributed by atoms with Gasteiger partial charge in [-0.2, -0.15) is 0 Å². The summed E-state index contributed by atoms with van der Waals surface area (Å²) >= 11 is 0. The number of hydrogen-bond acceptors (Lipinski definition) is 2. The minimum atomic E-state index is 0.140. The third-order valence-electron chi connectivity index (χ3n) is 2.06. The Kier molecular flexibility index (Phi) is 2.63. The first kappa shape index (κ1) is 9.65. The second-order valence-corrected chi connectivity index (χ2v) is 3.07. The topological polar surface area (TPSA) is 33.1 Å². The largest absolute Gasteiger partial charge is 0.507 e. The number of phenolic OH excluding ortho intramolecular Hbond substituents is 1. The summed E-state index contributed by atoms with van der Waals surface area (Å²) in [5.74, 6) is 0.140. The Hall–Kier alpha value is -1.90. The van der Waals surface area contributed by atoms with Crippen molar-refractivity contribution in [2.24, 2.45) is 0 Å². The molecule has 1 heterocycles. The summed E-state index contributed by atoms with van der Waals surface area (Å²) in [5, 5.41) is 9.58. The molecule has 0 saturated heterocycles. The highest BCUT2D eigenvalue weighted by Crippen LogP contribution is 2.26. The Labute approximate surface area is 87.0 Å². The third-order valence-corrected chi connectivity index (χ3v) is 2.06. The van der Waals surface area contributed by atoms with E-state index in [1.54, 1.807) is 42.5 Å². The van der Waals surface area contributed by atoms with Gasteiger partial charge in [-0.05, 0) is 24.3 Å². The van der Waals surface area contributed by atoms with Gasteiger partial charge in [-0.1, -0.05) is 18.2 Å². The number of halogens is 1. The van der Waals surface area contributed by atoms with Crippen molar-refractivity contribution in [2.45, 2.75) is 0 Å². The minimum Gasteiger partial charge on any atom is -0.507 e. The van der Waals surface area contributed by atoms with Gasteiger partial charge in [0.1, 0.15) is 5.75 Å². The fourth-order valence-corrected chi connectivity index (χ4v) is 1.35. The average Bonchev–Trinajstić information content (AvgIpc) is 2.30. The first-order chi connectivity index (χ1) is 7.31. The molecule has 2 aromatic rings. The smallest absolute Gasteiger partial charge is 0.179 e. The predicted octanol–water partition coefficient (Wildman–Crippen LogP) is 2.93. The molecule has 0 bridgehead atoms. The van der Waals surface area contributed by atoms with Crippen LogP contribution in [0.1, 0.15) is 5.69 Å². The van der Waals surface area contributed by atoms with Gasteiger partial charge in [-0.25, -0.2) is 9.37 Å². The molecule has 1 N–H and O–H groups in total. The molecule has 1 aromatic heterocycles. The zero-order valence-corrected chi connectivity index (χ0v) is 7.89. The summed E-state index contributed by atoms with van der Waals surface area (Å²) in [7, 11) is 0. The molecule has 2 nitrogen and oxygen atoms in total. The van der Waals surface area contributed by atoms with E-state index in [1.165, 1.54) is 0 Å². The van der Waals surface area contributed by atoms with Gasteiger partial charge in [0.25, 0.3) is 0 Å². The third kappa shape index (κ3) is 1.96. The first-order valence-corrected chi connectivity index (χ1v) is 4.50. The monoisotopic (exact) mass is 202 g/mol. The van der Waals surface area contributed by atoms with Crippen molar-refractivity contribution >= 4 is 0 Å². The van der Waals surface area contributed by atoms with Crippen LogP contribution in [-0.2, 0) is 0 Å². The lowest BCUT2D eigenvalue weighted by atomic mass is 10.1. The Morgan fingerprint density at radius 2 is 1.87 bits per heavy atom. The number of benzene rings is 1. The average molecular weight is 202 g/mol. The maximum Gasteiger partial charge on any atom is 0.179 e. The SMILES string of the molecule is Oc1ccccc1-c1cccc([CH]F)n1. The molecule has 1 aromatic carbocycles. The van der Waals surface area contributed by atoms with Gasteiger partial charge in [0.15, 0.2) is 6.67 Å². The highest BCUT2D eigenvalue weighted by atomic mass is 19.1. The van der Waals surface area contributed by atoms with E-state index in [-0.39, 0.29) is 11.4 Å². The van der Waals surface area contributed by atoms with E-state index < -0.39 is 0 Å². The molecular formula is C12H9FNO. The number of aromatic hydroxyl groups is 1. The quantitative estimate of drug-likeness (QED) is 0.812. The number of rotatable bonds is 2. The van der Waals surface area contributed by atoms with Crippen molar-refractivity contribution in [3.05, 3.63) is 54.8 Å². The van der Waals surface area contributed by atoms with E-state index in [1.807, 2.05) is 0 Å². The molecule has 0 atom stereocenters. The Morgan fingerprint density at radius 3 is 2.60 bits per heavy atom. The Balaban J connectivity index is 2.49. The van der Waals surface area contributed by atoms with E-state index in [0.29, 0.717) is 17.9 Å². The number of nitrogens with zero attached hydrogens (tertiary/aromatic N) is 1. The van der Waals surface area contributed by atoms with Crippen LogP contribution >= 0.6 is 0 Å². The lowest BCUT2D eigenvalue weighted by molar-refractivity contribution is 0.477. The maximum absolute atomic E-state index is 12.3. The molecule has 0 unspecified atom stereocenters. The van der Waals surface area contributed by atoms with Crippen LogP contribution in [0, 0.1) is 6.67 Å². The van der Waals surface area contributed by atoms with Crippen molar-refractivity contribution in [1.82, 2.24) is 4.98 Å². The molecule has 0 aliphatic carbocycles. The summed E-state index contributed by atoms with van der Waals surface area (Å²) < 4.78 is 12.3. The van der Waals surface area contributed by atoms with Crippen molar-refractivity contribution in [3.63, 3.8) is 0 Å². The zero-order valence-electron chi connectivity index (χ0n) is 7.89. The van der Waals surface area contributed by atoms with Crippen LogP contribution in [0.5, 0.6) is 5.75 Å². The van der Waals surface area contributed by atoms with Crippen molar-refractivity contribution < 1.29 is 9.50 Å². The van der Waals surface area contributed by atoms with Crippen molar-refractivity contribution in [1.29, 1.82) is 0 Å². The Morgan fingerprint density at radius 1 is 1.07 bits per heavy atom.